The van der Waals surface area contributed by atoms with Gasteiger partial charge in [0.25, 0.3) is 5.91 Å². The molecule has 1 heterocycles. The molecular formula is C31H28ClF3N2O5S2. The first-order valence-corrected chi connectivity index (χ1v) is 14.9. The van der Waals surface area contributed by atoms with Gasteiger partial charge in [0, 0.05) is 29.2 Å². The van der Waals surface area contributed by atoms with Gasteiger partial charge in [0.2, 0.25) is 0 Å². The van der Waals surface area contributed by atoms with Gasteiger partial charge in [-0.25, -0.2) is 4.79 Å². The summed E-state index contributed by atoms with van der Waals surface area (Å²) in [5.41, 5.74) is 0.434. The Morgan fingerprint density at radius 3 is 2.45 bits per heavy atom. The second-order valence-electron chi connectivity index (χ2n) is 9.96. The molecule has 4 rings (SSSR count). The third-order valence-electron chi connectivity index (χ3n) is 6.47. The fraction of sp³-hybridized carbons (Fsp3) is 0.258. The van der Waals surface area contributed by atoms with Gasteiger partial charge < -0.3 is 19.5 Å². The first-order valence-electron chi connectivity index (χ1n) is 13.3. The number of rotatable bonds is 12. The highest BCUT2D eigenvalue weighted by atomic mass is 35.5. The molecular weight excluding hydrogens is 637 g/mol. The summed E-state index contributed by atoms with van der Waals surface area (Å²) < 4.78 is 52.3. The van der Waals surface area contributed by atoms with Crippen LogP contribution in [0.3, 0.4) is 0 Å². The van der Waals surface area contributed by atoms with Crippen LogP contribution in [0.1, 0.15) is 27.9 Å². The predicted octanol–water partition coefficient (Wildman–Crippen LogP) is 7.33. The van der Waals surface area contributed by atoms with E-state index in [0.717, 1.165) is 23.9 Å². The number of amides is 1. The molecule has 7 nitrogen and oxygen atoms in total. The molecule has 0 saturated carbocycles. The number of carboxylic acids is 1. The van der Waals surface area contributed by atoms with Crippen molar-refractivity contribution in [3.8, 4) is 22.6 Å². The number of aromatic carboxylic acids is 1. The molecule has 1 fully saturated rings. The largest absolute Gasteiger partial charge is 0.494 e. The Morgan fingerprint density at radius 2 is 1.80 bits per heavy atom. The highest BCUT2D eigenvalue weighted by molar-refractivity contribution is 8.26. The third-order valence-corrected chi connectivity index (χ3v) is 8.17. The Morgan fingerprint density at radius 1 is 1.07 bits per heavy atom. The van der Waals surface area contributed by atoms with Crippen LogP contribution < -0.4 is 9.47 Å². The van der Waals surface area contributed by atoms with Crippen molar-refractivity contribution in [2.45, 2.75) is 12.6 Å². The zero-order valence-corrected chi connectivity index (χ0v) is 26.1. The lowest BCUT2D eigenvalue weighted by molar-refractivity contribution is -0.137. The molecule has 0 radical (unpaired) electrons. The van der Waals surface area contributed by atoms with Crippen LogP contribution in [0, 0.1) is 0 Å². The van der Waals surface area contributed by atoms with E-state index in [1.807, 2.05) is 19.0 Å². The fourth-order valence-corrected chi connectivity index (χ4v) is 5.69. The number of likely N-dealkylation sites (N-methyl/N-ethyl adjacent to an activating group) is 1. The maximum Gasteiger partial charge on any atom is 0.416 e. The number of ether oxygens (including phenoxy) is 2. The van der Waals surface area contributed by atoms with Crippen LogP contribution in [-0.2, 0) is 11.0 Å². The minimum atomic E-state index is -4.54. The summed E-state index contributed by atoms with van der Waals surface area (Å²) in [7, 11) is 3.79. The molecule has 232 valence electrons. The van der Waals surface area contributed by atoms with Crippen LogP contribution in [0.4, 0.5) is 13.2 Å². The SMILES string of the molecule is CN(C)CCOc1ccc(-c2cc(C(F)(F)F)ccc2Cl)cc1C=C1SC(=S)N(CCCOc2ccc(C(=O)O)cc2)C1=O. The van der Waals surface area contributed by atoms with E-state index in [2.05, 4.69) is 0 Å². The molecule has 0 aliphatic carbocycles. The summed E-state index contributed by atoms with van der Waals surface area (Å²) in [5.74, 6) is -0.390. The van der Waals surface area contributed by atoms with Crippen molar-refractivity contribution in [2.75, 3.05) is 40.4 Å². The van der Waals surface area contributed by atoms with Gasteiger partial charge in [-0.15, -0.1) is 0 Å². The number of carbonyl (C=O) groups is 2. The second-order valence-corrected chi connectivity index (χ2v) is 12.0. The van der Waals surface area contributed by atoms with Gasteiger partial charge in [-0.3, -0.25) is 9.69 Å². The highest BCUT2D eigenvalue weighted by Crippen LogP contribution is 2.39. The molecule has 0 aromatic heterocycles. The van der Waals surface area contributed by atoms with Crippen molar-refractivity contribution in [3.05, 3.63) is 87.3 Å². The van der Waals surface area contributed by atoms with Crippen LogP contribution in [0.2, 0.25) is 5.02 Å². The average Bonchev–Trinajstić information content (AvgIpc) is 3.23. The molecule has 1 aliphatic heterocycles. The van der Waals surface area contributed by atoms with Crippen molar-refractivity contribution >= 4 is 57.9 Å². The highest BCUT2D eigenvalue weighted by Gasteiger charge is 2.33. The Labute approximate surface area is 267 Å². The van der Waals surface area contributed by atoms with Gasteiger partial charge in [-0.05, 0) is 86.8 Å². The molecule has 1 aliphatic rings. The summed E-state index contributed by atoms with van der Waals surface area (Å²) in [6.07, 6.45) is -2.46. The molecule has 0 unspecified atom stereocenters. The van der Waals surface area contributed by atoms with Gasteiger partial charge in [-0.1, -0.05) is 41.6 Å². The summed E-state index contributed by atoms with van der Waals surface area (Å²) in [4.78, 5) is 28.1. The number of nitrogens with zero attached hydrogens (tertiary/aromatic N) is 2. The Bertz CT molecular complexity index is 1580. The Balaban J connectivity index is 1.53. The van der Waals surface area contributed by atoms with Crippen molar-refractivity contribution in [2.24, 2.45) is 0 Å². The topological polar surface area (TPSA) is 79.3 Å². The quantitative estimate of drug-likeness (QED) is 0.123. The summed E-state index contributed by atoms with van der Waals surface area (Å²) in [5, 5.41) is 9.16. The van der Waals surface area contributed by atoms with Crippen molar-refractivity contribution < 1.29 is 37.3 Å². The van der Waals surface area contributed by atoms with E-state index in [4.69, 9.17) is 38.4 Å². The maximum absolute atomic E-state index is 13.4. The van der Waals surface area contributed by atoms with Crippen LogP contribution in [0.15, 0.2) is 65.6 Å². The van der Waals surface area contributed by atoms with E-state index in [1.165, 1.54) is 23.1 Å². The molecule has 1 N–H and O–H groups in total. The summed E-state index contributed by atoms with van der Waals surface area (Å²) in [6, 6.07) is 14.1. The molecule has 0 spiro atoms. The van der Waals surface area contributed by atoms with Gasteiger partial charge >= 0.3 is 12.1 Å². The number of benzene rings is 3. The number of carboxylic acid groups (broad SMARTS) is 1. The predicted molar refractivity (Wildman–Crippen MR) is 169 cm³/mol. The number of thioether (sulfide) groups is 1. The zero-order valence-electron chi connectivity index (χ0n) is 23.7. The fourth-order valence-electron chi connectivity index (χ4n) is 4.16. The standard InChI is InChI=1S/C31H28ClF3N2O5S2/c1-36(2)13-15-42-26-11-6-20(24-18-22(31(33,34)35)7-10-25(24)32)16-21(26)17-27-28(38)37(30(43)44-27)12-3-14-41-23-8-4-19(5-9-23)29(39)40/h4-11,16-18H,3,12-15H2,1-2H3,(H,39,40). The van der Waals surface area contributed by atoms with E-state index in [-0.39, 0.29) is 28.7 Å². The van der Waals surface area contributed by atoms with E-state index >= 15 is 0 Å². The molecule has 1 saturated heterocycles. The van der Waals surface area contributed by atoms with Crippen LogP contribution >= 0.6 is 35.6 Å². The van der Waals surface area contributed by atoms with E-state index in [0.29, 0.717) is 58.0 Å². The lowest BCUT2D eigenvalue weighted by Crippen LogP contribution is -2.29. The number of carbonyl (C=O) groups excluding carboxylic acids is 1. The lowest BCUT2D eigenvalue weighted by atomic mass is 9.99. The first kappa shape index (κ1) is 33.3. The molecule has 0 atom stereocenters. The van der Waals surface area contributed by atoms with Gasteiger partial charge in [0.15, 0.2) is 0 Å². The van der Waals surface area contributed by atoms with Crippen LogP contribution in [0.5, 0.6) is 11.5 Å². The molecule has 1 amide bonds. The molecule has 13 heteroatoms. The van der Waals surface area contributed by atoms with E-state index in [9.17, 15) is 22.8 Å². The number of hydrogen-bond acceptors (Lipinski definition) is 7. The first-order chi connectivity index (χ1) is 20.8. The smallest absolute Gasteiger partial charge is 0.416 e. The van der Waals surface area contributed by atoms with Crippen molar-refractivity contribution in [1.29, 1.82) is 0 Å². The minimum Gasteiger partial charge on any atom is -0.494 e. The minimum absolute atomic E-state index is 0.149. The summed E-state index contributed by atoms with van der Waals surface area (Å²) >= 11 is 12.9. The van der Waals surface area contributed by atoms with Gasteiger partial charge in [-0.2, -0.15) is 13.2 Å². The van der Waals surface area contributed by atoms with Gasteiger partial charge in [0.1, 0.15) is 22.4 Å². The normalized spacial score (nSPS) is 14.5. The molecule has 44 heavy (non-hydrogen) atoms. The monoisotopic (exact) mass is 664 g/mol. The number of thiocarbonyl (C=S) groups is 1. The maximum atomic E-state index is 13.4. The van der Waals surface area contributed by atoms with E-state index < -0.39 is 17.7 Å². The Kier molecular flexibility index (Phi) is 11.0. The number of alkyl halides is 3. The third kappa shape index (κ3) is 8.53. The average molecular weight is 665 g/mol. The zero-order chi connectivity index (χ0) is 32.0. The molecule has 3 aromatic rings. The van der Waals surface area contributed by atoms with Gasteiger partial charge in [0.05, 0.1) is 22.6 Å². The van der Waals surface area contributed by atoms with Crippen molar-refractivity contribution in [3.63, 3.8) is 0 Å². The summed E-state index contributed by atoms with van der Waals surface area (Å²) in [6.45, 7) is 1.53. The number of halogens is 4. The van der Waals surface area contributed by atoms with E-state index in [1.54, 1.807) is 36.4 Å². The van der Waals surface area contributed by atoms with Crippen LogP contribution in [-0.4, -0.2) is 71.5 Å². The Hall–Kier alpha value is -3.58. The van der Waals surface area contributed by atoms with Crippen molar-refractivity contribution in [1.82, 2.24) is 9.80 Å². The second kappa shape index (κ2) is 14.5. The lowest BCUT2D eigenvalue weighted by Gasteiger charge is -2.16. The molecule has 3 aromatic carbocycles. The number of hydrogen-bond donors (Lipinski definition) is 1. The van der Waals surface area contributed by atoms with Crippen LogP contribution in [0.25, 0.3) is 17.2 Å². The molecule has 0 bridgehead atoms.